The standard InChI is InChI=1S/C24H34O7.2C23H32O7.C22H30O7/c1-3-17(31-24(28)14-29-4-2)8-9-18-19-10-15-6-5-7-22(30-13-23(26)27)20(15)11-16(19)12-21(18)25;1-3-16(30-23(27)13-28-2)7-8-17-18-9-14-5-4-6-21(29-12-22(25)26)19(14)10-15(18)11-20(17)24;1-3-16(30-23(27)28-4-2)8-9-17-18-10-14-6-5-7-21(29-13-22(25)26)19(14)11-15(18)12-20(17)24;1-3-15(29-22(26)27-2)7-8-16-17-9-13-5-4-6-20(28-12-21(24)25)18(13)10-14(17)11-19(16)23/h5-7,16-19,21,25H,3-4,8-14H2,1-2H3,(H,26,27);4-6,15-18,20,24H,3,7-13H2,1-2H3,(H,25,26);5-7,15-18,20,24H,3-4,8-13H2,1-2H3,(H,25,26);4-6,14-17,19,23H,3,7-12H2,1-2H3,(H,24,25)/t16-,17-,18+,19-,21+;2*15-,16-,17+,18-,20+;14-,15-,16+,17-,19+/m0000/s1. The second-order valence-corrected chi connectivity index (χ2v) is 33.4. The number of ether oxygens (including phenoxy) is 12. The number of fused-ring (bicyclic) bond motifs is 8. The minimum absolute atomic E-state index is 0.0210. The van der Waals surface area contributed by atoms with Crippen LogP contribution in [0.15, 0.2) is 72.8 Å². The summed E-state index contributed by atoms with van der Waals surface area (Å²) >= 11 is 0. The van der Waals surface area contributed by atoms with Crippen LogP contribution in [0, 0.1) is 71.0 Å². The number of methoxy groups -OCH3 is 2. The summed E-state index contributed by atoms with van der Waals surface area (Å²) in [4.78, 5) is 90.1. The summed E-state index contributed by atoms with van der Waals surface area (Å²) in [6, 6.07) is 23.2. The van der Waals surface area contributed by atoms with Gasteiger partial charge in [0.05, 0.1) is 38.1 Å². The molecule has 8 aliphatic rings. The maximum atomic E-state index is 11.9. The third kappa shape index (κ3) is 26.6. The van der Waals surface area contributed by atoms with Crippen molar-refractivity contribution in [1.82, 2.24) is 0 Å². The molecule has 0 unspecified atom stereocenters. The number of rotatable bonds is 38. The number of aliphatic hydroxyl groups excluding tert-OH is 4. The predicted molar refractivity (Wildman–Crippen MR) is 438 cm³/mol. The fraction of sp³-hybridized carbons (Fsp3) is 0.652. The number of esters is 2. The summed E-state index contributed by atoms with van der Waals surface area (Å²) < 4.78 is 63.1. The molecule has 0 amide bonds. The van der Waals surface area contributed by atoms with Gasteiger partial charge in [-0.2, -0.15) is 0 Å². The topological polar surface area (TPSA) is 409 Å². The third-order valence-electron chi connectivity index (χ3n) is 26.1. The van der Waals surface area contributed by atoms with Gasteiger partial charge in [-0.05, 0) is 308 Å². The van der Waals surface area contributed by atoms with E-state index >= 15 is 0 Å². The molecule has 0 aromatic heterocycles. The van der Waals surface area contributed by atoms with Gasteiger partial charge in [0.25, 0.3) is 0 Å². The number of carbonyl (C=O) groups is 8. The normalized spacial score (nSPS) is 25.8. The monoisotopic (exact) mass is 1680 g/mol. The lowest BCUT2D eigenvalue weighted by Crippen LogP contribution is -2.29. The number of hydrogen-bond donors (Lipinski definition) is 8. The van der Waals surface area contributed by atoms with Crippen LogP contribution in [0.4, 0.5) is 9.59 Å². The maximum Gasteiger partial charge on any atom is 0.508 e. The van der Waals surface area contributed by atoms with Gasteiger partial charge in [0.15, 0.2) is 26.4 Å². The maximum absolute atomic E-state index is 11.9. The van der Waals surface area contributed by atoms with Gasteiger partial charge in [-0.15, -0.1) is 0 Å². The van der Waals surface area contributed by atoms with Crippen molar-refractivity contribution in [3.8, 4) is 23.0 Å². The average Bonchev–Trinajstić information content (AvgIpc) is 1.65. The summed E-state index contributed by atoms with van der Waals surface area (Å²) in [6.45, 7) is 10.8. The second kappa shape index (κ2) is 47.0. The van der Waals surface area contributed by atoms with Gasteiger partial charge in [-0.1, -0.05) is 76.2 Å². The van der Waals surface area contributed by atoms with Crippen molar-refractivity contribution in [1.29, 1.82) is 0 Å². The molecular weight excluding hydrogens is 1550 g/mol. The Labute approximate surface area is 703 Å². The zero-order valence-electron chi connectivity index (χ0n) is 70.8. The summed E-state index contributed by atoms with van der Waals surface area (Å²) in [6.07, 6.45) is 15.0. The van der Waals surface area contributed by atoms with Crippen molar-refractivity contribution in [2.24, 2.45) is 71.0 Å². The zero-order chi connectivity index (χ0) is 86.7. The van der Waals surface area contributed by atoms with Crippen LogP contribution in [0.3, 0.4) is 0 Å². The first-order valence-corrected chi connectivity index (χ1v) is 43.3. The van der Waals surface area contributed by atoms with E-state index in [4.69, 9.17) is 72.5 Å². The highest BCUT2D eigenvalue weighted by molar-refractivity contribution is 5.72. The molecule has 120 heavy (non-hydrogen) atoms. The Morgan fingerprint density at radius 2 is 0.625 bits per heavy atom. The molecule has 664 valence electrons. The van der Waals surface area contributed by atoms with Crippen LogP contribution in [0.2, 0.25) is 0 Å². The van der Waals surface area contributed by atoms with E-state index in [9.17, 15) is 58.8 Å². The molecule has 4 saturated carbocycles. The van der Waals surface area contributed by atoms with Crippen LogP contribution in [0.5, 0.6) is 23.0 Å². The Balaban J connectivity index is 0.000000182. The molecule has 0 radical (unpaired) electrons. The van der Waals surface area contributed by atoms with Gasteiger partial charge in [0.2, 0.25) is 0 Å². The van der Waals surface area contributed by atoms with Gasteiger partial charge in [-0.25, -0.2) is 38.4 Å². The largest absolute Gasteiger partial charge is 0.508 e. The molecule has 0 bridgehead atoms. The van der Waals surface area contributed by atoms with Gasteiger partial charge in [0, 0.05) is 13.7 Å². The lowest BCUT2D eigenvalue weighted by molar-refractivity contribution is -0.155. The first-order valence-electron chi connectivity index (χ1n) is 43.3. The first kappa shape index (κ1) is 95.0. The van der Waals surface area contributed by atoms with E-state index in [1.54, 1.807) is 6.92 Å². The SMILES string of the molecule is CCOC(=O)O[C@@H](CC)CC[C@@H]1[C@H]2Cc3cccc(OCC(=O)O)c3C[C@H]2C[C@H]1O.CCOCC(=O)O[C@@H](CC)CC[C@@H]1[C@H]2Cc3cccc(OCC(=O)O)c3C[C@H]2C[C@H]1O.CC[C@@H](CC[C@@H]1[C@H]2Cc3cccc(OCC(=O)O)c3C[C@H]2C[C@H]1O)OC(=O)COC.CC[C@@H](CC[C@@H]1[C@H]2Cc3cccc(OCC(=O)O)c3C[C@H]2C[C@H]1O)OC(=O)OC. The molecule has 12 rings (SSSR count). The van der Waals surface area contributed by atoms with Crippen molar-refractivity contribution in [3.63, 3.8) is 0 Å². The van der Waals surface area contributed by atoms with Crippen LogP contribution >= 0.6 is 0 Å². The smallest absolute Gasteiger partial charge is 0.482 e. The number of carboxylic acids is 4. The van der Waals surface area contributed by atoms with E-state index in [0.29, 0.717) is 103 Å². The van der Waals surface area contributed by atoms with E-state index in [0.717, 1.165) is 151 Å². The molecule has 4 fully saturated rings. The van der Waals surface area contributed by atoms with Crippen molar-refractivity contribution in [3.05, 3.63) is 117 Å². The van der Waals surface area contributed by atoms with E-state index < -0.39 is 36.2 Å². The molecule has 8 N–H and O–H groups in total. The summed E-state index contributed by atoms with van der Waals surface area (Å²) in [7, 11) is 2.77. The number of benzene rings is 4. The minimum atomic E-state index is -0.993. The molecule has 0 saturated heterocycles. The number of carboxylic acid groups (broad SMARTS) is 4. The molecule has 4 aromatic rings. The molecule has 0 heterocycles. The average molecular weight is 1680 g/mol. The van der Waals surface area contributed by atoms with Crippen LogP contribution in [-0.4, -0.2) is 205 Å². The molecule has 0 spiro atoms. The van der Waals surface area contributed by atoms with Crippen molar-refractivity contribution < 1.29 is 136 Å². The van der Waals surface area contributed by atoms with Crippen molar-refractivity contribution in [2.75, 3.05) is 67.1 Å². The van der Waals surface area contributed by atoms with Crippen molar-refractivity contribution in [2.45, 2.75) is 244 Å². The van der Waals surface area contributed by atoms with Crippen LogP contribution in [0.1, 0.15) is 189 Å². The predicted octanol–water partition coefficient (Wildman–Crippen LogP) is 12.4. The Kier molecular flexibility index (Phi) is 37.2. The van der Waals surface area contributed by atoms with Crippen LogP contribution in [0.25, 0.3) is 0 Å². The highest BCUT2D eigenvalue weighted by Gasteiger charge is 2.50. The molecule has 8 aliphatic carbocycles. The summed E-state index contributed by atoms with van der Waals surface area (Å²) in [5, 5.41) is 78.7. The fourth-order valence-corrected chi connectivity index (χ4v) is 20.4. The van der Waals surface area contributed by atoms with E-state index in [-0.39, 0.29) is 131 Å². The molecule has 4 aromatic carbocycles. The lowest BCUT2D eigenvalue weighted by Gasteiger charge is -2.32. The lowest BCUT2D eigenvalue weighted by atomic mass is 9.73. The first-order chi connectivity index (χ1) is 57.7. The number of aliphatic carboxylic acids is 4. The second-order valence-electron chi connectivity index (χ2n) is 33.4. The Morgan fingerprint density at radius 3 is 0.875 bits per heavy atom. The van der Waals surface area contributed by atoms with E-state index in [2.05, 4.69) is 29.0 Å². The van der Waals surface area contributed by atoms with Crippen molar-refractivity contribution >= 4 is 48.1 Å². The highest BCUT2D eigenvalue weighted by atomic mass is 16.7. The van der Waals surface area contributed by atoms with Gasteiger partial charge in [0.1, 0.15) is 60.6 Å². The van der Waals surface area contributed by atoms with Crippen LogP contribution in [-0.2, 0) is 118 Å². The fourth-order valence-electron chi connectivity index (χ4n) is 20.4. The third-order valence-corrected chi connectivity index (χ3v) is 26.1. The quantitative estimate of drug-likeness (QED) is 0.0153. The Hall–Kier alpha value is -8.80. The molecule has 20 atom stereocenters. The van der Waals surface area contributed by atoms with E-state index in [1.165, 1.54) is 36.5 Å². The summed E-state index contributed by atoms with van der Waals surface area (Å²) in [5.41, 5.74) is 9.00. The highest BCUT2D eigenvalue weighted by Crippen LogP contribution is 2.53. The number of aliphatic hydroxyl groups is 4. The zero-order valence-corrected chi connectivity index (χ0v) is 70.8. The van der Waals surface area contributed by atoms with Gasteiger partial charge in [-0.3, -0.25) is 0 Å². The molecular formula is C92H128O28. The van der Waals surface area contributed by atoms with Crippen LogP contribution < -0.4 is 18.9 Å². The molecule has 0 aliphatic heterocycles. The minimum Gasteiger partial charge on any atom is -0.482 e. The Morgan fingerprint density at radius 1 is 0.350 bits per heavy atom. The summed E-state index contributed by atoms with van der Waals surface area (Å²) in [5.74, 6) is 1.42. The van der Waals surface area contributed by atoms with Gasteiger partial charge >= 0.3 is 48.1 Å². The van der Waals surface area contributed by atoms with Gasteiger partial charge < -0.3 is 97.7 Å². The number of hydrogen-bond acceptors (Lipinski definition) is 24. The molecule has 28 nitrogen and oxygen atoms in total. The Bertz CT molecular complexity index is 3870. The van der Waals surface area contributed by atoms with E-state index in [1.807, 2.05) is 83.1 Å². The number of carbonyl (C=O) groups excluding carboxylic acids is 4. The molecule has 28 heteroatoms.